The highest BCUT2D eigenvalue weighted by molar-refractivity contribution is 9.10. The summed E-state index contributed by atoms with van der Waals surface area (Å²) in [5.41, 5.74) is 0. The first kappa shape index (κ1) is 16.7. The van der Waals surface area contributed by atoms with Crippen LogP contribution in [0.3, 0.4) is 0 Å². The van der Waals surface area contributed by atoms with Gasteiger partial charge in [-0.3, -0.25) is 0 Å². The normalized spacial score (nSPS) is 19.3. The summed E-state index contributed by atoms with van der Waals surface area (Å²) in [5, 5.41) is 2.73. The van der Waals surface area contributed by atoms with Gasteiger partial charge >= 0.3 is 0 Å². The average molecular weight is 398 g/mol. The zero-order valence-electron chi connectivity index (χ0n) is 11.3. The zero-order valence-corrected chi connectivity index (χ0v) is 14.6. The lowest BCUT2D eigenvalue weighted by atomic mass is 10.2. The van der Waals surface area contributed by atoms with Gasteiger partial charge in [-0.15, -0.1) is 0 Å². The first-order valence-corrected chi connectivity index (χ1v) is 10.4. The van der Waals surface area contributed by atoms with Crippen LogP contribution in [-0.4, -0.2) is 46.4 Å². The van der Waals surface area contributed by atoms with Gasteiger partial charge in [-0.2, -0.15) is 0 Å². The number of sulfonamides is 1. The van der Waals surface area contributed by atoms with Crippen molar-refractivity contribution in [1.82, 2.24) is 9.71 Å². The number of aromatic nitrogens is 1. The van der Waals surface area contributed by atoms with Crippen molar-refractivity contribution in [3.05, 3.63) is 16.7 Å². The maximum Gasteiger partial charge on any atom is 0.244 e. The molecule has 0 atom stereocenters. The number of nitrogens with one attached hydrogen (secondary N) is 2. The monoisotopic (exact) mass is 397 g/mol. The molecule has 1 aromatic heterocycles. The number of nitrogens with zero attached hydrogens (tertiary/aromatic N) is 1. The second kappa shape index (κ2) is 6.19. The van der Waals surface area contributed by atoms with Crippen molar-refractivity contribution < 1.29 is 16.8 Å². The molecule has 0 radical (unpaired) electrons. The average Bonchev–Trinajstić information content (AvgIpc) is 2.41. The van der Waals surface area contributed by atoms with Gasteiger partial charge in [0.15, 0.2) is 0 Å². The molecule has 0 saturated carbocycles. The first-order chi connectivity index (χ1) is 9.73. The lowest BCUT2D eigenvalue weighted by Gasteiger charge is -2.23. The van der Waals surface area contributed by atoms with Crippen molar-refractivity contribution >= 4 is 41.6 Å². The molecule has 0 spiro atoms. The minimum absolute atomic E-state index is 0.00973. The van der Waals surface area contributed by atoms with Crippen LogP contribution >= 0.6 is 15.9 Å². The van der Waals surface area contributed by atoms with Crippen LogP contribution in [0.1, 0.15) is 12.8 Å². The Morgan fingerprint density at radius 1 is 1.33 bits per heavy atom. The Morgan fingerprint density at radius 2 is 1.95 bits per heavy atom. The zero-order chi connectivity index (χ0) is 15.7. The van der Waals surface area contributed by atoms with Crippen LogP contribution in [0.15, 0.2) is 21.6 Å². The number of anilines is 1. The summed E-state index contributed by atoms with van der Waals surface area (Å²) in [4.78, 5) is 4.04. The van der Waals surface area contributed by atoms with E-state index >= 15 is 0 Å². The van der Waals surface area contributed by atoms with E-state index in [0.717, 1.165) is 0 Å². The molecule has 2 N–H and O–H groups in total. The third-order valence-corrected chi connectivity index (χ3v) is 6.91. The van der Waals surface area contributed by atoms with Crippen LogP contribution in [0.25, 0.3) is 0 Å². The van der Waals surface area contributed by atoms with E-state index in [4.69, 9.17) is 0 Å². The Kier molecular flexibility index (Phi) is 4.91. The summed E-state index contributed by atoms with van der Waals surface area (Å²) in [6.45, 7) is 0. The molecule has 1 aliphatic rings. The molecular weight excluding hydrogens is 382 g/mol. The first-order valence-electron chi connectivity index (χ1n) is 6.29. The molecule has 1 aromatic rings. The van der Waals surface area contributed by atoms with Gasteiger partial charge in [0.25, 0.3) is 0 Å². The quantitative estimate of drug-likeness (QED) is 0.775. The lowest BCUT2D eigenvalue weighted by molar-refractivity contribution is 0.505. The minimum atomic E-state index is -3.76. The second-order valence-electron chi connectivity index (χ2n) is 4.80. The maximum absolute atomic E-state index is 12.4. The molecule has 2 rings (SSSR count). The van der Waals surface area contributed by atoms with E-state index < -0.39 is 19.9 Å². The smallest absolute Gasteiger partial charge is 0.244 e. The molecule has 1 aliphatic heterocycles. The van der Waals surface area contributed by atoms with Gasteiger partial charge in [-0.1, -0.05) is 0 Å². The molecule has 7 nitrogen and oxygen atoms in total. The highest BCUT2D eigenvalue weighted by atomic mass is 79.9. The van der Waals surface area contributed by atoms with E-state index in [1.807, 2.05) is 0 Å². The summed E-state index contributed by atoms with van der Waals surface area (Å²) in [5.74, 6) is 0.264. The van der Waals surface area contributed by atoms with Gasteiger partial charge < -0.3 is 5.32 Å². The predicted molar refractivity (Wildman–Crippen MR) is 83.5 cm³/mol. The van der Waals surface area contributed by atoms with Gasteiger partial charge in [-0.25, -0.2) is 26.5 Å². The molecule has 0 aliphatic carbocycles. The Bertz CT molecular complexity index is 720. The molecule has 2 heterocycles. The van der Waals surface area contributed by atoms with Crippen LogP contribution in [-0.2, 0) is 19.9 Å². The topological polar surface area (TPSA) is 105 Å². The SMILES string of the molecule is CNc1ncc(Br)cc1S(=O)(=O)NC1CCS(=O)(=O)CC1. The van der Waals surface area contributed by atoms with Crippen LogP contribution in [0.2, 0.25) is 0 Å². The number of sulfone groups is 1. The van der Waals surface area contributed by atoms with Crippen molar-refractivity contribution in [2.24, 2.45) is 0 Å². The van der Waals surface area contributed by atoms with Crippen LogP contribution < -0.4 is 10.0 Å². The third-order valence-electron chi connectivity index (χ3n) is 3.22. The number of rotatable bonds is 4. The third kappa shape index (κ3) is 4.15. The Hall–Kier alpha value is -0.710. The number of pyridine rings is 1. The van der Waals surface area contributed by atoms with Crippen LogP contribution in [0.4, 0.5) is 5.82 Å². The van der Waals surface area contributed by atoms with Crippen molar-refractivity contribution in [1.29, 1.82) is 0 Å². The fourth-order valence-electron chi connectivity index (χ4n) is 2.10. The maximum atomic E-state index is 12.4. The molecule has 1 saturated heterocycles. The predicted octanol–water partition coefficient (Wildman–Crippen LogP) is 0.741. The Balaban J connectivity index is 2.21. The lowest BCUT2D eigenvalue weighted by Crippen LogP contribution is -2.41. The molecule has 0 bridgehead atoms. The van der Waals surface area contributed by atoms with E-state index in [1.54, 1.807) is 7.05 Å². The molecule has 118 valence electrons. The fraction of sp³-hybridized carbons (Fsp3) is 0.545. The highest BCUT2D eigenvalue weighted by Crippen LogP contribution is 2.24. The Morgan fingerprint density at radius 3 is 2.52 bits per heavy atom. The summed E-state index contributed by atoms with van der Waals surface area (Å²) in [6, 6.07) is 1.09. The van der Waals surface area contributed by atoms with Crippen LogP contribution in [0.5, 0.6) is 0 Å². The van der Waals surface area contributed by atoms with Crippen molar-refractivity contribution in [2.75, 3.05) is 23.9 Å². The van der Waals surface area contributed by atoms with Gasteiger partial charge in [0.2, 0.25) is 10.0 Å². The van der Waals surface area contributed by atoms with E-state index in [2.05, 4.69) is 31.0 Å². The second-order valence-corrected chi connectivity index (χ2v) is 9.70. The van der Waals surface area contributed by atoms with Crippen molar-refractivity contribution in [3.63, 3.8) is 0 Å². The minimum Gasteiger partial charge on any atom is -0.372 e. The van der Waals surface area contributed by atoms with Gasteiger partial charge in [0.1, 0.15) is 20.6 Å². The number of halogens is 1. The van der Waals surface area contributed by atoms with E-state index in [9.17, 15) is 16.8 Å². The van der Waals surface area contributed by atoms with Gasteiger partial charge in [0.05, 0.1) is 11.5 Å². The van der Waals surface area contributed by atoms with E-state index in [0.29, 0.717) is 4.47 Å². The summed E-state index contributed by atoms with van der Waals surface area (Å²) in [7, 11) is -5.20. The molecule has 0 unspecified atom stereocenters. The number of hydrogen-bond acceptors (Lipinski definition) is 6. The summed E-state index contributed by atoms with van der Waals surface area (Å²) < 4.78 is 50.7. The molecular formula is C11H16BrN3O4S2. The van der Waals surface area contributed by atoms with E-state index in [1.165, 1.54) is 12.3 Å². The molecule has 0 amide bonds. The number of hydrogen-bond donors (Lipinski definition) is 2. The standard InChI is InChI=1S/C11H16BrN3O4S2/c1-13-11-10(6-8(12)7-14-11)21(18,19)15-9-2-4-20(16,17)5-3-9/h6-7,9,15H,2-5H2,1H3,(H,13,14). The fourth-order valence-corrected chi connectivity index (χ4v) is 5.57. The Labute approximate surface area is 132 Å². The molecule has 21 heavy (non-hydrogen) atoms. The van der Waals surface area contributed by atoms with Crippen molar-refractivity contribution in [2.45, 2.75) is 23.8 Å². The van der Waals surface area contributed by atoms with E-state index in [-0.39, 0.29) is 41.1 Å². The molecule has 1 fully saturated rings. The summed E-state index contributed by atoms with van der Waals surface area (Å²) >= 11 is 3.20. The van der Waals surface area contributed by atoms with Crippen molar-refractivity contribution in [3.8, 4) is 0 Å². The van der Waals surface area contributed by atoms with Gasteiger partial charge in [-0.05, 0) is 34.8 Å². The molecule has 0 aromatic carbocycles. The molecule has 10 heteroatoms. The van der Waals surface area contributed by atoms with Gasteiger partial charge in [0, 0.05) is 23.8 Å². The summed E-state index contributed by atoms with van der Waals surface area (Å²) in [6.07, 6.45) is 2.08. The highest BCUT2D eigenvalue weighted by Gasteiger charge is 2.29. The largest absolute Gasteiger partial charge is 0.372 e. The van der Waals surface area contributed by atoms with Crippen LogP contribution in [0, 0.1) is 0 Å².